The molecular weight excluding hydrogens is 530 g/mol. The molecule has 1 saturated heterocycles. The molecular formula is C25H25F4N3O7. The van der Waals surface area contributed by atoms with Crippen LogP contribution >= 0.6 is 0 Å². The van der Waals surface area contributed by atoms with Crippen molar-refractivity contribution in [2.24, 2.45) is 0 Å². The molecule has 1 fully saturated rings. The van der Waals surface area contributed by atoms with E-state index in [9.17, 15) is 36.7 Å². The second kappa shape index (κ2) is 13.0. The van der Waals surface area contributed by atoms with Crippen LogP contribution in [0, 0.1) is 23.3 Å². The maximum absolute atomic E-state index is 13.8. The summed E-state index contributed by atoms with van der Waals surface area (Å²) in [4.78, 5) is 51.9. The minimum Gasteiger partial charge on any atom is -0.497 e. The third-order valence-corrected chi connectivity index (χ3v) is 5.81. The van der Waals surface area contributed by atoms with Gasteiger partial charge < -0.3 is 24.8 Å². The van der Waals surface area contributed by atoms with Gasteiger partial charge in [-0.2, -0.15) is 8.78 Å². The molecule has 14 heteroatoms. The topological polar surface area (TPSA) is 125 Å². The lowest BCUT2D eigenvalue weighted by Crippen LogP contribution is -2.54. The third-order valence-electron chi connectivity index (χ3n) is 5.81. The van der Waals surface area contributed by atoms with Crippen molar-refractivity contribution in [3.05, 3.63) is 59.2 Å². The standard InChI is InChI=1S/C25H25F4N3O7/c1-38-15-4-2-3-14(7-15)10-31-5-6-32(21(35)12-31)11-20(34)30-18(9-22(36)37)19(33)13-39-25-23(28)16(26)8-17(27)24(25)29/h2-4,7-8,18H,5-6,9-13H2,1H3,(H,30,34)(H,36,37)/t18-/m0/s1. The van der Waals surface area contributed by atoms with Gasteiger partial charge >= 0.3 is 5.97 Å². The van der Waals surface area contributed by atoms with E-state index in [0.717, 1.165) is 5.56 Å². The molecule has 2 aromatic carbocycles. The number of hydrogen-bond donors (Lipinski definition) is 2. The Kier molecular flexibility index (Phi) is 9.82. The van der Waals surface area contributed by atoms with Crippen molar-refractivity contribution < 1.29 is 51.3 Å². The number of hydrogen-bond acceptors (Lipinski definition) is 7. The molecule has 2 aromatic rings. The number of carbonyl (C=O) groups is 4. The highest BCUT2D eigenvalue weighted by atomic mass is 19.2. The summed E-state index contributed by atoms with van der Waals surface area (Å²) in [5, 5.41) is 11.3. The molecule has 1 atom stereocenters. The summed E-state index contributed by atoms with van der Waals surface area (Å²) in [5.74, 6) is -12.0. The number of ketones is 1. The highest BCUT2D eigenvalue weighted by Crippen LogP contribution is 2.26. The van der Waals surface area contributed by atoms with E-state index < -0.39 is 72.3 Å². The molecule has 1 heterocycles. The van der Waals surface area contributed by atoms with Crippen LogP contribution in [-0.4, -0.2) is 84.4 Å². The molecule has 210 valence electrons. The summed E-state index contributed by atoms with van der Waals surface area (Å²) < 4.78 is 64.0. The number of carbonyl (C=O) groups excluding carboxylic acids is 3. The van der Waals surface area contributed by atoms with Gasteiger partial charge in [-0.05, 0) is 17.7 Å². The van der Waals surface area contributed by atoms with Gasteiger partial charge in [-0.1, -0.05) is 12.1 Å². The number of nitrogens with one attached hydrogen (secondary N) is 1. The van der Waals surface area contributed by atoms with Gasteiger partial charge in [0, 0.05) is 25.7 Å². The zero-order valence-electron chi connectivity index (χ0n) is 20.7. The number of methoxy groups -OCH3 is 1. The second-order valence-electron chi connectivity index (χ2n) is 8.65. The Morgan fingerprint density at radius 2 is 1.77 bits per heavy atom. The molecule has 3 rings (SSSR count). The van der Waals surface area contributed by atoms with E-state index in [-0.39, 0.29) is 25.1 Å². The predicted octanol–water partition coefficient (Wildman–Crippen LogP) is 1.50. The lowest BCUT2D eigenvalue weighted by molar-refractivity contribution is -0.143. The normalized spacial score (nSPS) is 14.6. The van der Waals surface area contributed by atoms with E-state index in [2.05, 4.69) is 10.1 Å². The molecule has 0 spiro atoms. The van der Waals surface area contributed by atoms with Crippen molar-refractivity contribution in [1.29, 1.82) is 0 Å². The first-order valence-electron chi connectivity index (χ1n) is 11.6. The van der Waals surface area contributed by atoms with Crippen molar-refractivity contribution in [3.8, 4) is 11.5 Å². The van der Waals surface area contributed by atoms with Gasteiger partial charge in [-0.15, -0.1) is 0 Å². The van der Waals surface area contributed by atoms with Crippen LogP contribution in [0.25, 0.3) is 0 Å². The Bertz CT molecular complexity index is 1230. The average Bonchev–Trinajstić information content (AvgIpc) is 2.88. The average molecular weight is 555 g/mol. The highest BCUT2D eigenvalue weighted by Gasteiger charge is 2.30. The number of ether oxygens (including phenoxy) is 2. The van der Waals surface area contributed by atoms with Gasteiger partial charge in [0.05, 0.1) is 26.6 Å². The first kappa shape index (κ1) is 29.4. The molecule has 0 radical (unpaired) electrons. The van der Waals surface area contributed by atoms with E-state index in [1.54, 1.807) is 13.2 Å². The number of carboxylic acid groups (broad SMARTS) is 1. The Labute approximate surface area is 220 Å². The molecule has 0 aliphatic carbocycles. The van der Waals surface area contributed by atoms with Gasteiger partial charge in [0.25, 0.3) is 0 Å². The molecule has 0 saturated carbocycles. The summed E-state index contributed by atoms with van der Waals surface area (Å²) in [6.07, 6.45) is -0.918. The summed E-state index contributed by atoms with van der Waals surface area (Å²) >= 11 is 0. The summed E-state index contributed by atoms with van der Waals surface area (Å²) in [7, 11) is 1.54. The van der Waals surface area contributed by atoms with Gasteiger partial charge in [-0.3, -0.25) is 24.1 Å². The van der Waals surface area contributed by atoms with Crippen molar-refractivity contribution in [2.75, 3.05) is 39.9 Å². The largest absolute Gasteiger partial charge is 0.497 e. The summed E-state index contributed by atoms with van der Waals surface area (Å²) in [6, 6.07) is 5.57. The van der Waals surface area contributed by atoms with Crippen LogP contribution in [0.5, 0.6) is 11.5 Å². The smallest absolute Gasteiger partial charge is 0.305 e. The number of aliphatic carboxylic acids is 1. The van der Waals surface area contributed by atoms with Gasteiger partial charge in [0.1, 0.15) is 18.4 Å². The van der Waals surface area contributed by atoms with E-state index in [1.807, 2.05) is 23.1 Å². The first-order valence-corrected chi connectivity index (χ1v) is 11.6. The number of Topliss-reactive ketones (excluding diaryl/α,β-unsaturated/α-hetero) is 1. The molecule has 0 bridgehead atoms. The fraction of sp³-hybridized carbons (Fsp3) is 0.360. The molecule has 0 aromatic heterocycles. The van der Waals surface area contributed by atoms with Crippen LogP contribution in [0.2, 0.25) is 0 Å². The number of carboxylic acids is 1. The van der Waals surface area contributed by atoms with Gasteiger partial charge in [-0.25, -0.2) is 8.78 Å². The third kappa shape index (κ3) is 7.89. The Morgan fingerprint density at radius 3 is 2.38 bits per heavy atom. The monoisotopic (exact) mass is 555 g/mol. The fourth-order valence-corrected chi connectivity index (χ4v) is 3.84. The second-order valence-corrected chi connectivity index (χ2v) is 8.65. The van der Waals surface area contributed by atoms with Crippen molar-refractivity contribution in [3.63, 3.8) is 0 Å². The Balaban J connectivity index is 1.56. The number of benzene rings is 2. The van der Waals surface area contributed by atoms with Crippen molar-refractivity contribution in [2.45, 2.75) is 19.0 Å². The SMILES string of the molecule is COc1cccc(CN2CCN(CC(=O)N[C@@H](CC(=O)O)C(=O)COc3c(F)c(F)cc(F)c3F)C(=O)C2)c1. The molecule has 2 N–H and O–H groups in total. The molecule has 1 aliphatic rings. The maximum atomic E-state index is 13.8. The van der Waals surface area contributed by atoms with Gasteiger partial charge in [0.15, 0.2) is 23.2 Å². The minimum absolute atomic E-state index is 0.0110. The molecule has 10 nitrogen and oxygen atoms in total. The number of nitrogens with zero attached hydrogens (tertiary/aromatic N) is 2. The van der Waals surface area contributed by atoms with Crippen LogP contribution in [0.1, 0.15) is 12.0 Å². The zero-order chi connectivity index (χ0) is 28.7. The Morgan fingerprint density at radius 1 is 1.08 bits per heavy atom. The van der Waals surface area contributed by atoms with Crippen LogP contribution in [0.3, 0.4) is 0 Å². The highest BCUT2D eigenvalue weighted by molar-refractivity contribution is 5.94. The van der Waals surface area contributed by atoms with E-state index >= 15 is 0 Å². The molecule has 0 unspecified atom stereocenters. The number of piperazine rings is 1. The molecule has 2 amide bonds. The predicted molar refractivity (Wildman–Crippen MR) is 126 cm³/mol. The lowest BCUT2D eigenvalue weighted by atomic mass is 10.1. The zero-order valence-corrected chi connectivity index (χ0v) is 20.7. The van der Waals surface area contributed by atoms with E-state index in [1.165, 1.54) is 4.90 Å². The number of amides is 2. The Hall–Kier alpha value is -4.20. The first-order chi connectivity index (χ1) is 18.5. The minimum atomic E-state index is -1.88. The van der Waals surface area contributed by atoms with E-state index in [4.69, 9.17) is 9.84 Å². The fourth-order valence-electron chi connectivity index (χ4n) is 3.84. The molecule has 1 aliphatic heterocycles. The quantitative estimate of drug-likeness (QED) is 0.298. The van der Waals surface area contributed by atoms with Crippen molar-refractivity contribution >= 4 is 23.6 Å². The number of halogens is 4. The van der Waals surface area contributed by atoms with Gasteiger partial charge in [0.2, 0.25) is 23.4 Å². The summed E-state index contributed by atoms with van der Waals surface area (Å²) in [6.45, 7) is -0.583. The number of rotatable bonds is 12. The van der Waals surface area contributed by atoms with Crippen LogP contribution in [-0.2, 0) is 25.7 Å². The molecule has 39 heavy (non-hydrogen) atoms. The van der Waals surface area contributed by atoms with Crippen LogP contribution in [0.15, 0.2) is 30.3 Å². The maximum Gasteiger partial charge on any atom is 0.305 e. The lowest BCUT2D eigenvalue weighted by Gasteiger charge is -2.34. The van der Waals surface area contributed by atoms with Crippen LogP contribution < -0.4 is 14.8 Å². The summed E-state index contributed by atoms with van der Waals surface area (Å²) in [5.41, 5.74) is 0.923. The van der Waals surface area contributed by atoms with Crippen LogP contribution in [0.4, 0.5) is 17.6 Å². The van der Waals surface area contributed by atoms with E-state index in [0.29, 0.717) is 18.8 Å². The van der Waals surface area contributed by atoms with Crippen molar-refractivity contribution in [1.82, 2.24) is 15.1 Å².